The van der Waals surface area contributed by atoms with E-state index in [0.29, 0.717) is 6.61 Å². The van der Waals surface area contributed by atoms with E-state index in [0.717, 1.165) is 21.9 Å². The second-order valence-electron chi connectivity index (χ2n) is 8.15. The molecule has 0 aliphatic rings. The fraction of sp³-hybridized carbons (Fsp3) is 0.320. The maximum Gasteiger partial charge on any atom is 0.272 e. The quantitative estimate of drug-likeness (QED) is 0.487. The molecule has 0 bridgehead atoms. The molecular formula is C25H29NO3. The molecule has 152 valence electrons. The Balaban J connectivity index is 1.79. The highest BCUT2D eigenvalue weighted by atomic mass is 16.7. The van der Waals surface area contributed by atoms with E-state index in [-0.39, 0.29) is 18.6 Å². The molecule has 0 fully saturated rings. The first-order chi connectivity index (χ1) is 13.8. The Morgan fingerprint density at radius 1 is 0.931 bits per heavy atom. The van der Waals surface area contributed by atoms with Crippen LogP contribution < -0.4 is 0 Å². The van der Waals surface area contributed by atoms with E-state index in [2.05, 4.69) is 18.2 Å². The Bertz CT molecular complexity index is 942. The summed E-state index contributed by atoms with van der Waals surface area (Å²) in [4.78, 5) is 19.1. The maximum absolute atomic E-state index is 13.0. The molecule has 3 rings (SSSR count). The van der Waals surface area contributed by atoms with Crippen molar-refractivity contribution in [1.82, 2.24) is 5.06 Å². The van der Waals surface area contributed by atoms with Crippen molar-refractivity contribution in [2.45, 2.75) is 45.9 Å². The number of amides is 1. The van der Waals surface area contributed by atoms with Crippen molar-refractivity contribution in [2.75, 3.05) is 6.61 Å². The van der Waals surface area contributed by atoms with E-state index in [1.807, 2.05) is 82.3 Å². The summed E-state index contributed by atoms with van der Waals surface area (Å²) in [6.07, 6.45) is 0. The molecule has 0 aliphatic heterocycles. The molecule has 0 aliphatic carbocycles. The molecule has 0 heterocycles. The van der Waals surface area contributed by atoms with Gasteiger partial charge in [0.15, 0.2) is 0 Å². The average Bonchev–Trinajstić information content (AvgIpc) is 2.71. The van der Waals surface area contributed by atoms with Gasteiger partial charge in [0.1, 0.15) is 6.61 Å². The third-order valence-corrected chi connectivity index (χ3v) is 4.58. The molecule has 4 nitrogen and oxygen atoms in total. The smallest absolute Gasteiger partial charge is 0.272 e. The third-order valence-electron chi connectivity index (χ3n) is 4.58. The van der Waals surface area contributed by atoms with E-state index in [9.17, 15) is 4.79 Å². The van der Waals surface area contributed by atoms with Crippen molar-refractivity contribution in [2.24, 2.45) is 0 Å². The van der Waals surface area contributed by atoms with Crippen LogP contribution in [0.3, 0.4) is 0 Å². The molecule has 3 aromatic carbocycles. The number of ether oxygens (including phenoxy) is 1. The van der Waals surface area contributed by atoms with E-state index in [1.54, 1.807) is 0 Å². The molecule has 0 saturated carbocycles. The van der Waals surface area contributed by atoms with Crippen LogP contribution in [0, 0.1) is 0 Å². The van der Waals surface area contributed by atoms with Crippen LogP contribution in [-0.2, 0) is 21.0 Å². The number of benzene rings is 3. The number of carbonyl (C=O) groups is 1. The fourth-order valence-electron chi connectivity index (χ4n) is 3.28. The van der Waals surface area contributed by atoms with Crippen molar-refractivity contribution in [3.05, 3.63) is 83.9 Å². The predicted octanol–water partition coefficient (Wildman–Crippen LogP) is 5.68. The maximum atomic E-state index is 13.0. The normalized spacial score (nSPS) is 12.7. The van der Waals surface area contributed by atoms with E-state index >= 15 is 0 Å². The van der Waals surface area contributed by atoms with Crippen molar-refractivity contribution in [3.8, 4) is 0 Å². The number of hydrogen-bond donors (Lipinski definition) is 0. The minimum atomic E-state index is -0.506. The van der Waals surface area contributed by atoms with E-state index < -0.39 is 5.60 Å². The topological polar surface area (TPSA) is 38.8 Å². The van der Waals surface area contributed by atoms with Gasteiger partial charge in [-0.05, 0) is 49.6 Å². The van der Waals surface area contributed by atoms with Gasteiger partial charge in [0.25, 0.3) is 5.91 Å². The highest BCUT2D eigenvalue weighted by molar-refractivity contribution is 5.86. The SMILES string of the molecule is C[C@H](c1cccc2ccccc12)N(OC(C)(C)C)C(=O)COCc1ccccc1. The van der Waals surface area contributed by atoms with Gasteiger partial charge in [0.2, 0.25) is 0 Å². The third kappa shape index (κ3) is 5.66. The van der Waals surface area contributed by atoms with Gasteiger partial charge in [-0.15, -0.1) is 0 Å². The largest absolute Gasteiger partial charge is 0.367 e. The highest BCUT2D eigenvalue weighted by Gasteiger charge is 2.28. The molecule has 0 saturated heterocycles. The lowest BCUT2D eigenvalue weighted by molar-refractivity contribution is -0.244. The number of hydroxylamine groups is 2. The van der Waals surface area contributed by atoms with Gasteiger partial charge in [-0.25, -0.2) is 5.06 Å². The number of nitrogens with zero attached hydrogens (tertiary/aromatic N) is 1. The minimum Gasteiger partial charge on any atom is -0.367 e. The first-order valence-electron chi connectivity index (χ1n) is 9.96. The van der Waals surface area contributed by atoms with E-state index in [1.165, 1.54) is 5.06 Å². The Labute approximate surface area is 173 Å². The number of hydrogen-bond acceptors (Lipinski definition) is 3. The minimum absolute atomic E-state index is 0.0416. The van der Waals surface area contributed by atoms with Crippen LogP contribution >= 0.6 is 0 Å². The van der Waals surface area contributed by atoms with Gasteiger partial charge in [0.05, 0.1) is 18.2 Å². The molecular weight excluding hydrogens is 362 g/mol. The van der Waals surface area contributed by atoms with Crippen LogP contribution in [0.4, 0.5) is 0 Å². The Morgan fingerprint density at radius 2 is 1.59 bits per heavy atom. The summed E-state index contributed by atoms with van der Waals surface area (Å²) in [6, 6.07) is 23.9. The van der Waals surface area contributed by atoms with Crippen molar-refractivity contribution in [3.63, 3.8) is 0 Å². The molecule has 0 radical (unpaired) electrons. The Kier molecular flexibility index (Phi) is 6.68. The summed E-state index contributed by atoms with van der Waals surface area (Å²) in [5.74, 6) is -0.198. The highest BCUT2D eigenvalue weighted by Crippen LogP contribution is 2.30. The zero-order chi connectivity index (χ0) is 20.9. The summed E-state index contributed by atoms with van der Waals surface area (Å²) in [5, 5.41) is 3.72. The molecule has 0 N–H and O–H groups in total. The molecule has 0 unspecified atom stereocenters. The fourth-order valence-corrected chi connectivity index (χ4v) is 3.28. The first-order valence-corrected chi connectivity index (χ1v) is 9.96. The van der Waals surface area contributed by atoms with Crippen molar-refractivity contribution >= 4 is 16.7 Å². The van der Waals surface area contributed by atoms with Crippen LogP contribution in [0.1, 0.15) is 44.9 Å². The second-order valence-corrected chi connectivity index (χ2v) is 8.15. The summed E-state index contributed by atoms with van der Waals surface area (Å²) in [7, 11) is 0. The lowest BCUT2D eigenvalue weighted by Gasteiger charge is -2.34. The zero-order valence-corrected chi connectivity index (χ0v) is 17.6. The standard InChI is InChI=1S/C25H29NO3/c1-19(22-16-10-14-21-13-8-9-15-23(21)22)26(29-25(2,3)4)24(27)18-28-17-20-11-6-5-7-12-20/h5-16,19H,17-18H2,1-4H3/t19-/m1/s1. The average molecular weight is 392 g/mol. The molecule has 0 spiro atoms. The molecule has 1 atom stereocenters. The van der Waals surface area contributed by atoms with E-state index in [4.69, 9.17) is 9.57 Å². The molecule has 1 amide bonds. The van der Waals surface area contributed by atoms with Crippen molar-refractivity contribution < 1.29 is 14.4 Å². The van der Waals surface area contributed by atoms with Crippen LogP contribution in [0.5, 0.6) is 0 Å². The first kappa shape index (κ1) is 21.0. The van der Waals surface area contributed by atoms with Gasteiger partial charge >= 0.3 is 0 Å². The van der Waals surface area contributed by atoms with Gasteiger partial charge in [-0.3, -0.25) is 9.63 Å². The van der Waals surface area contributed by atoms with Crippen LogP contribution in [0.25, 0.3) is 10.8 Å². The molecule has 0 aromatic heterocycles. The molecule has 4 heteroatoms. The Morgan fingerprint density at radius 3 is 2.31 bits per heavy atom. The summed E-state index contributed by atoms with van der Waals surface area (Å²) >= 11 is 0. The lowest BCUT2D eigenvalue weighted by atomic mass is 9.99. The summed E-state index contributed by atoms with van der Waals surface area (Å²) in [5.41, 5.74) is 1.57. The second kappa shape index (κ2) is 9.21. The zero-order valence-electron chi connectivity index (χ0n) is 17.6. The summed E-state index contributed by atoms with van der Waals surface area (Å²) in [6.45, 7) is 8.15. The van der Waals surface area contributed by atoms with Crippen LogP contribution in [0.2, 0.25) is 0 Å². The van der Waals surface area contributed by atoms with Gasteiger partial charge in [0, 0.05) is 0 Å². The van der Waals surface area contributed by atoms with Crippen LogP contribution in [0.15, 0.2) is 72.8 Å². The predicted molar refractivity (Wildman–Crippen MR) is 116 cm³/mol. The molecule has 3 aromatic rings. The number of rotatable bonds is 7. The van der Waals surface area contributed by atoms with Gasteiger partial charge < -0.3 is 4.74 Å². The van der Waals surface area contributed by atoms with Crippen molar-refractivity contribution in [1.29, 1.82) is 0 Å². The molecule has 29 heavy (non-hydrogen) atoms. The lowest BCUT2D eigenvalue weighted by Crippen LogP contribution is -2.41. The Hall–Kier alpha value is -2.69. The summed E-state index contributed by atoms with van der Waals surface area (Å²) < 4.78 is 5.68. The monoisotopic (exact) mass is 391 g/mol. The number of fused-ring (bicyclic) bond motifs is 1. The number of carbonyl (C=O) groups excluding carboxylic acids is 1. The van der Waals surface area contributed by atoms with Gasteiger partial charge in [-0.1, -0.05) is 72.8 Å². The van der Waals surface area contributed by atoms with Gasteiger partial charge in [-0.2, -0.15) is 0 Å². The van der Waals surface area contributed by atoms with Crippen LogP contribution in [-0.4, -0.2) is 23.2 Å².